The number of fused-ring (bicyclic) bond motifs is 1. The van der Waals surface area contributed by atoms with Gasteiger partial charge in [0.15, 0.2) is 0 Å². The van der Waals surface area contributed by atoms with E-state index in [1.807, 2.05) is 11.8 Å². The quantitative estimate of drug-likeness (QED) is 0.792. The van der Waals surface area contributed by atoms with E-state index in [1.165, 1.54) is 13.1 Å². The van der Waals surface area contributed by atoms with Crippen molar-refractivity contribution >= 4 is 44.4 Å². The number of aromatic carboxylic acids is 1. The first kappa shape index (κ1) is 19.3. The number of rotatable bonds is 3. The van der Waals surface area contributed by atoms with Crippen molar-refractivity contribution in [2.24, 2.45) is 0 Å². The molecule has 1 amide bonds. The molecule has 3 rings (SSSR count). The summed E-state index contributed by atoms with van der Waals surface area (Å²) in [5, 5.41) is 9.27. The normalized spacial score (nSPS) is 14.7. The lowest BCUT2D eigenvalue weighted by molar-refractivity contribution is -0.129. The minimum Gasteiger partial charge on any atom is -0.477 e. The Labute approximate surface area is 163 Å². The van der Waals surface area contributed by atoms with Crippen LogP contribution in [0.1, 0.15) is 24.2 Å². The summed E-state index contributed by atoms with van der Waals surface area (Å²) in [6.07, 6.45) is 1.28. The minimum atomic E-state index is -1.34. The highest BCUT2D eigenvalue weighted by Crippen LogP contribution is 2.36. The number of hydrogen-bond donors (Lipinski definition) is 1. The fourth-order valence-corrected chi connectivity index (χ4v) is 4.29. The van der Waals surface area contributed by atoms with Crippen LogP contribution in [0.25, 0.3) is 10.9 Å². The Balaban J connectivity index is 2.17. The second-order valence-corrected chi connectivity index (χ2v) is 7.17. The second kappa shape index (κ2) is 7.30. The number of aromatic nitrogens is 1. The number of carboxylic acids is 1. The van der Waals surface area contributed by atoms with Gasteiger partial charge in [-0.3, -0.25) is 9.59 Å². The van der Waals surface area contributed by atoms with Gasteiger partial charge in [-0.1, -0.05) is 0 Å². The van der Waals surface area contributed by atoms with Crippen LogP contribution in [-0.2, 0) is 11.3 Å². The number of carbonyl (C=O) groups excluding carboxylic acids is 1. The maximum Gasteiger partial charge on any atom is 0.341 e. The largest absolute Gasteiger partial charge is 0.477 e. The topological polar surface area (TPSA) is 82.8 Å². The van der Waals surface area contributed by atoms with E-state index in [0.717, 1.165) is 6.07 Å². The van der Waals surface area contributed by atoms with E-state index in [-0.39, 0.29) is 11.3 Å². The first-order valence-electron chi connectivity index (χ1n) is 8.55. The van der Waals surface area contributed by atoms with Gasteiger partial charge in [0.25, 0.3) is 0 Å². The summed E-state index contributed by atoms with van der Waals surface area (Å²) in [7, 11) is 0. The highest BCUT2D eigenvalue weighted by atomic mass is 79.9. The van der Waals surface area contributed by atoms with Gasteiger partial charge in [-0.15, -0.1) is 0 Å². The molecule has 144 valence electrons. The number of aryl methyl sites for hydroxylation is 1. The number of carbonyl (C=O) groups is 2. The van der Waals surface area contributed by atoms with Crippen molar-refractivity contribution in [3.05, 3.63) is 38.3 Å². The molecule has 1 N–H and O–H groups in total. The van der Waals surface area contributed by atoms with Gasteiger partial charge in [0.1, 0.15) is 11.4 Å². The number of halogens is 2. The Hall–Kier alpha value is -2.42. The summed E-state index contributed by atoms with van der Waals surface area (Å²) in [6.45, 7) is 5.63. The van der Waals surface area contributed by atoms with Gasteiger partial charge in [0, 0.05) is 45.8 Å². The molecule has 1 aliphatic rings. The second-order valence-electron chi connectivity index (χ2n) is 6.37. The van der Waals surface area contributed by atoms with Crippen molar-refractivity contribution in [2.45, 2.75) is 20.4 Å². The third-order valence-corrected chi connectivity index (χ3v) is 5.59. The smallest absolute Gasteiger partial charge is 0.341 e. The van der Waals surface area contributed by atoms with Crippen molar-refractivity contribution in [3.8, 4) is 0 Å². The number of pyridine rings is 1. The molecule has 0 radical (unpaired) electrons. The van der Waals surface area contributed by atoms with Gasteiger partial charge in [-0.2, -0.15) is 0 Å². The summed E-state index contributed by atoms with van der Waals surface area (Å²) in [5.74, 6) is -1.97. The van der Waals surface area contributed by atoms with Crippen LogP contribution in [0.5, 0.6) is 0 Å². The number of carboxylic acid groups (broad SMARTS) is 1. The molecule has 1 aromatic heterocycles. The number of amides is 1. The lowest BCUT2D eigenvalue weighted by atomic mass is 10.1. The third-order valence-electron chi connectivity index (χ3n) is 4.84. The van der Waals surface area contributed by atoms with Crippen molar-refractivity contribution in [1.82, 2.24) is 9.47 Å². The SMILES string of the molecule is CCn1cc(C(=O)O)c(=O)c2cc(F)c(N3CCN(C(C)=O)CC3)c(Br)c21. The fourth-order valence-electron chi connectivity index (χ4n) is 3.41. The van der Waals surface area contributed by atoms with E-state index < -0.39 is 22.8 Å². The first-order valence-corrected chi connectivity index (χ1v) is 9.34. The van der Waals surface area contributed by atoms with E-state index in [0.29, 0.717) is 48.4 Å². The minimum absolute atomic E-state index is 0.0197. The van der Waals surface area contributed by atoms with E-state index in [2.05, 4.69) is 15.9 Å². The molecule has 0 aliphatic carbocycles. The van der Waals surface area contributed by atoms with Gasteiger partial charge in [0.2, 0.25) is 11.3 Å². The number of benzene rings is 1. The molecular formula is C18H19BrFN3O4. The van der Waals surface area contributed by atoms with E-state index in [4.69, 9.17) is 0 Å². The fraction of sp³-hybridized carbons (Fsp3) is 0.389. The van der Waals surface area contributed by atoms with Crippen LogP contribution in [0, 0.1) is 5.82 Å². The van der Waals surface area contributed by atoms with Gasteiger partial charge in [0.05, 0.1) is 21.1 Å². The molecule has 7 nitrogen and oxygen atoms in total. The number of nitrogens with zero attached hydrogens (tertiary/aromatic N) is 3. The summed E-state index contributed by atoms with van der Waals surface area (Å²) >= 11 is 3.43. The van der Waals surface area contributed by atoms with Gasteiger partial charge >= 0.3 is 5.97 Å². The Morgan fingerprint density at radius 1 is 1.26 bits per heavy atom. The summed E-state index contributed by atoms with van der Waals surface area (Å²) in [6, 6.07) is 1.10. The molecule has 0 unspecified atom stereocenters. The monoisotopic (exact) mass is 439 g/mol. The van der Waals surface area contributed by atoms with Gasteiger partial charge in [-0.05, 0) is 28.9 Å². The lowest BCUT2D eigenvalue weighted by Crippen LogP contribution is -2.48. The molecule has 1 aliphatic heterocycles. The third kappa shape index (κ3) is 3.31. The van der Waals surface area contributed by atoms with E-state index >= 15 is 0 Å². The van der Waals surface area contributed by atoms with Gasteiger partial charge < -0.3 is 19.5 Å². The molecule has 0 saturated carbocycles. The predicted octanol–water partition coefficient (Wildman–Crippen LogP) is 2.29. The average molecular weight is 440 g/mol. The molecule has 0 spiro atoms. The van der Waals surface area contributed by atoms with Crippen molar-refractivity contribution in [2.75, 3.05) is 31.1 Å². The highest BCUT2D eigenvalue weighted by molar-refractivity contribution is 9.10. The lowest BCUT2D eigenvalue weighted by Gasteiger charge is -2.36. The van der Waals surface area contributed by atoms with Crippen molar-refractivity contribution in [3.63, 3.8) is 0 Å². The molecule has 1 fully saturated rings. The average Bonchev–Trinajstić information content (AvgIpc) is 2.62. The molecular weight excluding hydrogens is 421 g/mol. The van der Waals surface area contributed by atoms with Crippen LogP contribution in [0.15, 0.2) is 21.5 Å². The van der Waals surface area contributed by atoms with E-state index in [1.54, 1.807) is 9.47 Å². The Morgan fingerprint density at radius 3 is 2.41 bits per heavy atom. The Bertz CT molecular complexity index is 996. The van der Waals surface area contributed by atoms with Crippen LogP contribution in [0.4, 0.5) is 10.1 Å². The molecule has 0 atom stereocenters. The summed E-state index contributed by atoms with van der Waals surface area (Å²) in [4.78, 5) is 38.9. The molecule has 27 heavy (non-hydrogen) atoms. The maximum atomic E-state index is 14.9. The Kier molecular flexibility index (Phi) is 5.23. The molecule has 9 heteroatoms. The van der Waals surface area contributed by atoms with Crippen LogP contribution < -0.4 is 10.3 Å². The van der Waals surface area contributed by atoms with Crippen LogP contribution in [0.3, 0.4) is 0 Å². The molecule has 2 heterocycles. The number of piperazine rings is 1. The highest BCUT2D eigenvalue weighted by Gasteiger charge is 2.26. The van der Waals surface area contributed by atoms with Crippen molar-refractivity contribution in [1.29, 1.82) is 0 Å². The molecule has 0 bridgehead atoms. The predicted molar refractivity (Wildman–Crippen MR) is 103 cm³/mol. The van der Waals surface area contributed by atoms with E-state index in [9.17, 15) is 23.9 Å². The standard InChI is InChI=1S/C18H19BrFN3O4/c1-3-21-9-12(18(26)27)17(25)11-8-13(20)16(14(19)15(11)21)23-6-4-22(5-7-23)10(2)24/h8-9H,3-7H2,1-2H3,(H,26,27). The maximum absolute atomic E-state index is 14.9. The summed E-state index contributed by atoms with van der Waals surface area (Å²) in [5.41, 5.74) is -0.332. The zero-order valence-electron chi connectivity index (χ0n) is 15.0. The zero-order valence-corrected chi connectivity index (χ0v) is 16.5. The van der Waals surface area contributed by atoms with Crippen LogP contribution in [0.2, 0.25) is 0 Å². The number of anilines is 1. The van der Waals surface area contributed by atoms with Crippen LogP contribution in [-0.4, -0.2) is 52.6 Å². The molecule has 2 aromatic rings. The summed E-state index contributed by atoms with van der Waals surface area (Å²) < 4.78 is 17.0. The molecule has 1 saturated heterocycles. The molecule has 1 aromatic carbocycles. The van der Waals surface area contributed by atoms with Crippen LogP contribution >= 0.6 is 15.9 Å². The number of hydrogen-bond acceptors (Lipinski definition) is 4. The van der Waals surface area contributed by atoms with Gasteiger partial charge in [-0.25, -0.2) is 9.18 Å². The Morgan fingerprint density at radius 2 is 1.89 bits per heavy atom. The van der Waals surface area contributed by atoms with Crippen molar-refractivity contribution < 1.29 is 19.1 Å². The first-order chi connectivity index (χ1) is 12.8. The zero-order chi connectivity index (χ0) is 19.9.